The Hall–Kier alpha value is -3.15. The Morgan fingerprint density at radius 2 is 1.83 bits per heavy atom. The first-order chi connectivity index (χ1) is 11.2. The molecule has 0 unspecified atom stereocenters. The lowest BCUT2D eigenvalue weighted by Crippen LogP contribution is -2.07. The average Bonchev–Trinajstić information content (AvgIpc) is 3.12. The van der Waals surface area contributed by atoms with Crippen molar-refractivity contribution in [2.24, 2.45) is 0 Å². The Morgan fingerprint density at radius 1 is 1.09 bits per heavy atom. The topological polar surface area (TPSA) is 61.4 Å². The van der Waals surface area contributed by atoms with Gasteiger partial charge in [-0.25, -0.2) is 9.78 Å². The van der Waals surface area contributed by atoms with Crippen molar-refractivity contribution in [1.82, 2.24) is 19.2 Å². The summed E-state index contributed by atoms with van der Waals surface area (Å²) in [5.41, 5.74) is 3.61. The van der Waals surface area contributed by atoms with Gasteiger partial charge in [0.05, 0.1) is 23.8 Å². The highest BCUT2D eigenvalue weighted by molar-refractivity contribution is 5.90. The highest BCUT2D eigenvalue weighted by Crippen LogP contribution is 2.21. The van der Waals surface area contributed by atoms with Crippen LogP contribution in [0, 0.1) is 6.92 Å². The minimum absolute atomic E-state index is 0.205. The summed E-state index contributed by atoms with van der Waals surface area (Å²) < 4.78 is 8.25. The number of nitrogens with zero attached hydrogens (tertiary/aromatic N) is 4. The number of imidazole rings is 1. The molecule has 0 radical (unpaired) electrons. The highest BCUT2D eigenvalue weighted by atomic mass is 16.5. The molecule has 114 valence electrons. The lowest BCUT2D eigenvalue weighted by atomic mass is 10.2. The first-order valence-electron chi connectivity index (χ1n) is 7.20. The van der Waals surface area contributed by atoms with E-state index >= 15 is 0 Å². The fourth-order valence-electron chi connectivity index (χ4n) is 2.63. The maximum Gasteiger partial charge on any atom is 0.376 e. The molecular weight excluding hydrogens is 292 g/mol. The Labute approximate surface area is 131 Å². The van der Waals surface area contributed by atoms with E-state index in [4.69, 9.17) is 4.74 Å². The lowest BCUT2D eigenvalue weighted by molar-refractivity contribution is 0.0585. The number of rotatable bonds is 2. The van der Waals surface area contributed by atoms with E-state index < -0.39 is 5.97 Å². The van der Waals surface area contributed by atoms with Crippen molar-refractivity contribution in [3.05, 3.63) is 59.9 Å². The van der Waals surface area contributed by atoms with E-state index in [-0.39, 0.29) is 5.82 Å². The molecule has 0 fully saturated rings. The smallest absolute Gasteiger partial charge is 0.376 e. The van der Waals surface area contributed by atoms with Crippen LogP contribution in [-0.2, 0) is 4.74 Å². The number of methoxy groups -OCH3 is 1. The maximum atomic E-state index is 12.1. The second-order valence-electron chi connectivity index (χ2n) is 5.30. The van der Waals surface area contributed by atoms with Gasteiger partial charge in [-0.1, -0.05) is 29.8 Å². The number of aromatic nitrogens is 4. The third-order valence-corrected chi connectivity index (χ3v) is 3.79. The number of aryl methyl sites for hydroxylation is 1. The Morgan fingerprint density at radius 3 is 2.57 bits per heavy atom. The third-order valence-electron chi connectivity index (χ3n) is 3.79. The maximum absolute atomic E-state index is 12.1. The summed E-state index contributed by atoms with van der Waals surface area (Å²) in [4.78, 5) is 16.7. The molecule has 0 atom stereocenters. The van der Waals surface area contributed by atoms with E-state index in [1.54, 1.807) is 9.08 Å². The van der Waals surface area contributed by atoms with Crippen LogP contribution >= 0.6 is 0 Å². The lowest BCUT2D eigenvalue weighted by Gasteiger charge is -2.01. The van der Waals surface area contributed by atoms with Gasteiger partial charge < -0.3 is 4.74 Å². The normalized spacial score (nSPS) is 11.2. The molecule has 0 bridgehead atoms. The largest absolute Gasteiger partial charge is 0.463 e. The molecule has 23 heavy (non-hydrogen) atoms. The van der Waals surface area contributed by atoms with E-state index in [0.717, 1.165) is 22.3 Å². The van der Waals surface area contributed by atoms with E-state index in [9.17, 15) is 4.79 Å². The van der Waals surface area contributed by atoms with Crippen LogP contribution in [0.25, 0.3) is 22.5 Å². The van der Waals surface area contributed by atoms with Crippen LogP contribution in [0.4, 0.5) is 0 Å². The second kappa shape index (κ2) is 4.95. The van der Waals surface area contributed by atoms with Crippen molar-refractivity contribution in [3.63, 3.8) is 0 Å². The zero-order valence-corrected chi connectivity index (χ0v) is 12.7. The van der Waals surface area contributed by atoms with Crippen molar-refractivity contribution in [1.29, 1.82) is 0 Å². The number of fused-ring (bicyclic) bond motifs is 3. The molecule has 0 saturated carbocycles. The van der Waals surface area contributed by atoms with Gasteiger partial charge in [-0.05, 0) is 31.2 Å². The molecule has 6 nitrogen and oxygen atoms in total. The van der Waals surface area contributed by atoms with Crippen LogP contribution in [0.5, 0.6) is 0 Å². The second-order valence-corrected chi connectivity index (χ2v) is 5.30. The Bertz CT molecular complexity index is 1030. The number of carbonyl (C=O) groups excluding carboxylic acids is 1. The minimum atomic E-state index is -0.496. The van der Waals surface area contributed by atoms with Crippen molar-refractivity contribution in [3.8, 4) is 5.69 Å². The molecule has 0 aliphatic carbocycles. The fourth-order valence-corrected chi connectivity index (χ4v) is 2.63. The number of para-hydroxylation sites is 2. The van der Waals surface area contributed by atoms with Crippen LogP contribution in [0.1, 0.15) is 16.2 Å². The van der Waals surface area contributed by atoms with Crippen molar-refractivity contribution in [2.45, 2.75) is 6.92 Å². The number of benzene rings is 2. The van der Waals surface area contributed by atoms with Gasteiger partial charge in [0.2, 0.25) is 11.6 Å². The van der Waals surface area contributed by atoms with E-state index in [1.807, 2.05) is 55.5 Å². The highest BCUT2D eigenvalue weighted by Gasteiger charge is 2.22. The molecule has 6 heteroatoms. The molecule has 0 aliphatic rings. The number of hydrogen-bond donors (Lipinski definition) is 0. The van der Waals surface area contributed by atoms with Gasteiger partial charge in [-0.3, -0.25) is 4.40 Å². The zero-order chi connectivity index (χ0) is 16.0. The number of hydrogen-bond acceptors (Lipinski definition) is 4. The van der Waals surface area contributed by atoms with Crippen LogP contribution < -0.4 is 0 Å². The summed E-state index contributed by atoms with van der Waals surface area (Å²) in [7, 11) is 1.35. The molecule has 0 amide bonds. The number of carbonyl (C=O) groups is 1. The fraction of sp³-hybridized carbons (Fsp3) is 0.118. The van der Waals surface area contributed by atoms with Gasteiger partial charge in [0.15, 0.2) is 0 Å². The molecular formula is C17H14N4O2. The monoisotopic (exact) mass is 306 g/mol. The molecule has 0 aliphatic heterocycles. The average molecular weight is 306 g/mol. The van der Waals surface area contributed by atoms with Gasteiger partial charge >= 0.3 is 5.97 Å². The first kappa shape index (κ1) is 13.5. The third kappa shape index (κ3) is 1.99. The van der Waals surface area contributed by atoms with Gasteiger partial charge in [0.1, 0.15) is 0 Å². The SMILES string of the molecule is COC(=O)c1nn(-c2ccc(C)cc2)c2nc3ccccc3n12. The quantitative estimate of drug-likeness (QED) is 0.534. The summed E-state index contributed by atoms with van der Waals surface area (Å²) in [6.45, 7) is 2.02. The zero-order valence-electron chi connectivity index (χ0n) is 12.7. The Kier molecular flexibility index (Phi) is 2.90. The molecule has 2 heterocycles. The standard InChI is InChI=1S/C17H14N4O2/c1-11-7-9-12(10-8-11)21-17-18-13-5-3-4-6-14(13)20(17)15(19-21)16(22)23-2/h3-10H,1-2H3. The van der Waals surface area contributed by atoms with Gasteiger partial charge in [-0.2, -0.15) is 4.68 Å². The van der Waals surface area contributed by atoms with Gasteiger partial charge in [-0.15, -0.1) is 5.10 Å². The molecule has 4 rings (SSSR count). The summed E-state index contributed by atoms with van der Waals surface area (Å²) >= 11 is 0. The molecule has 0 spiro atoms. The van der Waals surface area contributed by atoms with E-state index in [2.05, 4.69) is 10.1 Å². The van der Waals surface area contributed by atoms with Crippen molar-refractivity contribution >= 4 is 22.8 Å². The number of esters is 1. The molecule has 0 saturated heterocycles. The predicted octanol–water partition coefficient (Wildman–Crippen LogP) is 2.77. The predicted molar refractivity (Wildman–Crippen MR) is 85.9 cm³/mol. The van der Waals surface area contributed by atoms with Crippen LogP contribution in [0.3, 0.4) is 0 Å². The van der Waals surface area contributed by atoms with Gasteiger partial charge in [0, 0.05) is 0 Å². The van der Waals surface area contributed by atoms with Crippen molar-refractivity contribution in [2.75, 3.05) is 7.11 Å². The first-order valence-corrected chi connectivity index (χ1v) is 7.20. The van der Waals surface area contributed by atoms with Crippen LogP contribution in [-0.4, -0.2) is 32.2 Å². The van der Waals surface area contributed by atoms with Crippen LogP contribution in [0.15, 0.2) is 48.5 Å². The summed E-state index contributed by atoms with van der Waals surface area (Å²) in [6, 6.07) is 15.5. The summed E-state index contributed by atoms with van der Waals surface area (Å²) in [6.07, 6.45) is 0. The summed E-state index contributed by atoms with van der Waals surface area (Å²) in [5, 5.41) is 4.41. The van der Waals surface area contributed by atoms with E-state index in [0.29, 0.717) is 5.78 Å². The molecule has 0 N–H and O–H groups in total. The molecule has 2 aromatic heterocycles. The minimum Gasteiger partial charge on any atom is -0.463 e. The molecule has 4 aromatic rings. The summed E-state index contributed by atoms with van der Waals surface area (Å²) in [5.74, 6) is 0.288. The number of ether oxygens (including phenoxy) is 1. The van der Waals surface area contributed by atoms with E-state index in [1.165, 1.54) is 7.11 Å². The Balaban J connectivity index is 2.08. The van der Waals surface area contributed by atoms with Gasteiger partial charge in [0.25, 0.3) is 0 Å². The molecule has 2 aromatic carbocycles. The van der Waals surface area contributed by atoms with Crippen LogP contribution in [0.2, 0.25) is 0 Å². The van der Waals surface area contributed by atoms with Crippen molar-refractivity contribution < 1.29 is 9.53 Å².